The first-order chi connectivity index (χ1) is 10.3. The van der Waals surface area contributed by atoms with Gasteiger partial charge >= 0.3 is 6.18 Å². The number of halogens is 3. The van der Waals surface area contributed by atoms with Gasteiger partial charge < -0.3 is 5.32 Å². The third-order valence-corrected chi connectivity index (χ3v) is 2.98. The van der Waals surface area contributed by atoms with Crippen LogP contribution in [0.3, 0.4) is 0 Å². The Labute approximate surface area is 123 Å². The second kappa shape index (κ2) is 6.00. The standard InChI is InChI=1S/C14H12F3N3O2/c1-8(12(21)14(15,16)17)13(22)18-11-7-10(19-20-11)9-5-3-2-4-6-9/h2-8H,1H3,(H2,18,19,20,22). The molecule has 2 N–H and O–H groups in total. The number of rotatable bonds is 4. The molecule has 116 valence electrons. The largest absolute Gasteiger partial charge is 0.450 e. The zero-order valence-corrected chi connectivity index (χ0v) is 11.4. The van der Waals surface area contributed by atoms with Gasteiger partial charge in [-0.2, -0.15) is 18.3 Å². The summed E-state index contributed by atoms with van der Waals surface area (Å²) in [6.45, 7) is 0.899. The second-order valence-electron chi connectivity index (χ2n) is 4.61. The normalized spacial score (nSPS) is 12.7. The molecule has 0 saturated heterocycles. The number of aromatic nitrogens is 2. The number of anilines is 1. The molecule has 22 heavy (non-hydrogen) atoms. The fraction of sp³-hybridized carbons (Fsp3) is 0.214. The smallest absolute Gasteiger partial charge is 0.309 e. The van der Waals surface area contributed by atoms with E-state index in [1.54, 1.807) is 24.3 Å². The van der Waals surface area contributed by atoms with Crippen molar-refractivity contribution in [3.63, 3.8) is 0 Å². The Balaban J connectivity index is 2.07. The highest BCUT2D eigenvalue weighted by molar-refractivity contribution is 6.08. The van der Waals surface area contributed by atoms with Crippen LogP contribution in [-0.4, -0.2) is 28.1 Å². The van der Waals surface area contributed by atoms with Crippen molar-refractivity contribution in [2.75, 3.05) is 5.32 Å². The highest BCUT2D eigenvalue weighted by Gasteiger charge is 2.44. The zero-order chi connectivity index (χ0) is 16.3. The number of benzene rings is 1. The van der Waals surface area contributed by atoms with Gasteiger partial charge in [-0.25, -0.2) is 0 Å². The highest BCUT2D eigenvalue weighted by atomic mass is 19.4. The van der Waals surface area contributed by atoms with Crippen LogP contribution in [0.4, 0.5) is 19.0 Å². The van der Waals surface area contributed by atoms with Gasteiger partial charge in [0.1, 0.15) is 5.92 Å². The van der Waals surface area contributed by atoms with Crippen LogP contribution in [0.5, 0.6) is 0 Å². The number of carbonyl (C=O) groups excluding carboxylic acids is 2. The lowest BCUT2D eigenvalue weighted by molar-refractivity contribution is -0.175. The molecule has 1 heterocycles. The molecule has 0 aliphatic carbocycles. The molecule has 0 saturated carbocycles. The minimum absolute atomic E-state index is 0.0469. The van der Waals surface area contributed by atoms with Crippen molar-refractivity contribution in [3.8, 4) is 11.3 Å². The summed E-state index contributed by atoms with van der Waals surface area (Å²) < 4.78 is 36.8. The quantitative estimate of drug-likeness (QED) is 0.853. The topological polar surface area (TPSA) is 74.8 Å². The van der Waals surface area contributed by atoms with E-state index in [0.29, 0.717) is 5.69 Å². The molecule has 2 rings (SSSR count). The summed E-state index contributed by atoms with van der Waals surface area (Å²) in [6.07, 6.45) is -5.04. The Morgan fingerprint density at radius 2 is 1.86 bits per heavy atom. The van der Waals surface area contributed by atoms with Crippen LogP contribution in [0.1, 0.15) is 6.92 Å². The van der Waals surface area contributed by atoms with Crippen molar-refractivity contribution < 1.29 is 22.8 Å². The molecule has 5 nitrogen and oxygen atoms in total. The zero-order valence-electron chi connectivity index (χ0n) is 11.4. The molecule has 0 radical (unpaired) electrons. The predicted octanol–water partition coefficient (Wildman–Crippen LogP) is 2.78. The molecule has 0 spiro atoms. The number of aromatic amines is 1. The number of nitrogens with zero attached hydrogens (tertiary/aromatic N) is 1. The number of hydrogen-bond donors (Lipinski definition) is 2. The number of H-pyrrole nitrogens is 1. The van der Waals surface area contributed by atoms with Gasteiger partial charge in [0.05, 0.1) is 5.69 Å². The molecular weight excluding hydrogens is 299 g/mol. The lowest BCUT2D eigenvalue weighted by atomic mass is 10.1. The Morgan fingerprint density at radius 3 is 2.45 bits per heavy atom. The van der Waals surface area contributed by atoms with Gasteiger partial charge in [0, 0.05) is 6.07 Å². The lowest BCUT2D eigenvalue weighted by Gasteiger charge is -2.11. The van der Waals surface area contributed by atoms with Crippen LogP contribution < -0.4 is 5.32 Å². The Hall–Kier alpha value is -2.64. The van der Waals surface area contributed by atoms with Crippen molar-refractivity contribution in [3.05, 3.63) is 36.4 Å². The van der Waals surface area contributed by atoms with Crippen LogP contribution in [-0.2, 0) is 9.59 Å². The number of ketones is 1. The van der Waals surface area contributed by atoms with E-state index in [2.05, 4.69) is 15.5 Å². The van der Waals surface area contributed by atoms with Gasteiger partial charge in [-0.05, 0) is 12.5 Å². The van der Waals surface area contributed by atoms with Gasteiger partial charge in [0.25, 0.3) is 0 Å². The summed E-state index contributed by atoms with van der Waals surface area (Å²) in [5.41, 5.74) is 1.39. The fourth-order valence-corrected chi connectivity index (χ4v) is 1.75. The van der Waals surface area contributed by atoms with Crippen LogP contribution in [0.25, 0.3) is 11.3 Å². The van der Waals surface area contributed by atoms with Gasteiger partial charge in [-0.3, -0.25) is 14.7 Å². The molecule has 0 fully saturated rings. The van der Waals surface area contributed by atoms with Gasteiger partial charge in [0.2, 0.25) is 11.7 Å². The molecule has 1 unspecified atom stereocenters. The average molecular weight is 311 g/mol. The number of nitrogens with one attached hydrogen (secondary N) is 2. The second-order valence-corrected chi connectivity index (χ2v) is 4.61. The summed E-state index contributed by atoms with van der Waals surface area (Å²) in [6, 6.07) is 10.5. The monoisotopic (exact) mass is 311 g/mol. The summed E-state index contributed by atoms with van der Waals surface area (Å²) in [5, 5.41) is 8.62. The number of Topliss-reactive ketones (excluding diaryl/α,β-unsaturated/α-hetero) is 1. The molecule has 0 bridgehead atoms. The molecule has 8 heteroatoms. The van der Waals surface area contributed by atoms with E-state index in [9.17, 15) is 22.8 Å². The molecule has 2 aromatic rings. The van der Waals surface area contributed by atoms with E-state index in [1.165, 1.54) is 6.07 Å². The number of alkyl halides is 3. The van der Waals surface area contributed by atoms with Crippen molar-refractivity contribution in [2.24, 2.45) is 5.92 Å². The molecule has 1 aromatic carbocycles. The van der Waals surface area contributed by atoms with Crippen LogP contribution in [0, 0.1) is 5.92 Å². The van der Waals surface area contributed by atoms with Crippen molar-refractivity contribution in [2.45, 2.75) is 13.1 Å². The Morgan fingerprint density at radius 1 is 1.23 bits per heavy atom. The van der Waals surface area contributed by atoms with E-state index in [4.69, 9.17) is 0 Å². The Bertz CT molecular complexity index is 680. The maximum Gasteiger partial charge on any atom is 0.450 e. The maximum absolute atomic E-state index is 12.3. The van der Waals surface area contributed by atoms with E-state index >= 15 is 0 Å². The average Bonchev–Trinajstić information content (AvgIpc) is 2.94. The number of amides is 1. The molecule has 1 aromatic heterocycles. The number of carbonyl (C=O) groups is 2. The van der Waals surface area contributed by atoms with Gasteiger partial charge in [-0.1, -0.05) is 30.3 Å². The fourth-order valence-electron chi connectivity index (χ4n) is 1.75. The van der Waals surface area contributed by atoms with Crippen molar-refractivity contribution in [1.29, 1.82) is 0 Å². The van der Waals surface area contributed by atoms with Crippen LogP contribution in [0.2, 0.25) is 0 Å². The summed E-state index contributed by atoms with van der Waals surface area (Å²) in [4.78, 5) is 22.7. The lowest BCUT2D eigenvalue weighted by Crippen LogP contribution is -2.36. The predicted molar refractivity (Wildman–Crippen MR) is 72.9 cm³/mol. The number of hydrogen-bond acceptors (Lipinski definition) is 3. The maximum atomic E-state index is 12.3. The third-order valence-electron chi connectivity index (χ3n) is 2.98. The molecule has 1 amide bonds. The van der Waals surface area contributed by atoms with Crippen molar-refractivity contribution in [1.82, 2.24) is 10.2 Å². The summed E-state index contributed by atoms with van der Waals surface area (Å²) in [7, 11) is 0. The first-order valence-electron chi connectivity index (χ1n) is 6.32. The molecule has 0 aliphatic rings. The summed E-state index contributed by atoms with van der Waals surface area (Å²) in [5.74, 6) is -4.94. The van der Waals surface area contributed by atoms with Crippen molar-refractivity contribution >= 4 is 17.5 Å². The van der Waals surface area contributed by atoms with Crippen LogP contribution in [0.15, 0.2) is 36.4 Å². The molecule has 1 atom stereocenters. The van der Waals surface area contributed by atoms with Gasteiger partial charge in [0.15, 0.2) is 5.82 Å². The van der Waals surface area contributed by atoms with E-state index < -0.39 is 23.8 Å². The minimum Gasteiger partial charge on any atom is -0.309 e. The van der Waals surface area contributed by atoms with E-state index in [0.717, 1.165) is 12.5 Å². The minimum atomic E-state index is -5.04. The van der Waals surface area contributed by atoms with Gasteiger partial charge in [-0.15, -0.1) is 0 Å². The first-order valence-corrected chi connectivity index (χ1v) is 6.32. The van der Waals surface area contributed by atoms with Crippen LogP contribution >= 0.6 is 0 Å². The summed E-state index contributed by atoms with van der Waals surface area (Å²) >= 11 is 0. The molecular formula is C14H12F3N3O2. The molecule has 0 aliphatic heterocycles. The first kappa shape index (κ1) is 15.7. The van der Waals surface area contributed by atoms with E-state index in [-0.39, 0.29) is 5.82 Å². The van der Waals surface area contributed by atoms with E-state index in [1.807, 2.05) is 6.07 Å². The Kier molecular flexibility index (Phi) is 4.30. The third kappa shape index (κ3) is 3.51. The SMILES string of the molecule is CC(C(=O)Nc1cc(-c2ccccc2)[nH]n1)C(=O)C(F)(F)F. The highest BCUT2D eigenvalue weighted by Crippen LogP contribution is 2.23.